The molecule has 0 aromatic heterocycles. The quantitative estimate of drug-likeness (QED) is 0.736. The first-order valence-corrected chi connectivity index (χ1v) is 4.92. The fourth-order valence-electron chi connectivity index (χ4n) is 2.11. The molecule has 0 saturated carbocycles. The number of hydrogen-bond donors (Lipinski definition) is 1. The lowest BCUT2D eigenvalue weighted by molar-refractivity contribution is -0.139. The number of carboxylic acids is 1. The molecule has 15 heavy (non-hydrogen) atoms. The average molecular weight is 213 g/mol. The fraction of sp³-hybridized carbons (Fsp3) is 0.700. The lowest BCUT2D eigenvalue weighted by atomic mass is 10.3. The van der Waals surface area contributed by atoms with Crippen LogP contribution in [0.15, 0.2) is 11.5 Å². The van der Waals surface area contributed by atoms with Gasteiger partial charge in [0.15, 0.2) is 0 Å². The third kappa shape index (κ3) is 2.00. The van der Waals surface area contributed by atoms with Crippen molar-refractivity contribution in [3.8, 4) is 0 Å². The molecular weight excluding hydrogens is 194 g/mol. The van der Waals surface area contributed by atoms with Gasteiger partial charge in [-0.15, -0.1) is 0 Å². The highest BCUT2D eigenvalue weighted by Gasteiger charge is 2.33. The topological polar surface area (TPSA) is 47.0 Å². The number of nitrogens with zero attached hydrogens (tertiary/aromatic N) is 3. The van der Waals surface area contributed by atoms with Crippen LogP contribution < -0.4 is 0 Å². The van der Waals surface area contributed by atoms with Crippen LogP contribution in [0.4, 0.5) is 0 Å². The molecule has 0 aromatic carbocycles. The van der Waals surface area contributed by atoms with E-state index in [0.29, 0.717) is 0 Å². The Labute approximate surface area is 90.6 Å². The summed E-state index contributed by atoms with van der Waals surface area (Å²) in [6.07, 6.45) is 0.0432. The minimum absolute atomic E-state index is 0.0834. The number of rotatable bonds is 3. The third-order valence-corrected chi connectivity index (χ3v) is 2.86. The van der Waals surface area contributed by atoms with Crippen molar-refractivity contribution in [3.63, 3.8) is 0 Å². The summed E-state index contributed by atoms with van der Waals surface area (Å²) in [4.78, 5) is 16.8. The van der Waals surface area contributed by atoms with Crippen LogP contribution in [0.3, 0.4) is 0 Å². The molecular formula is C10H19N3O2. The van der Waals surface area contributed by atoms with Crippen LogP contribution in [-0.4, -0.2) is 60.1 Å². The smallest absolute Gasteiger partial charge is 0.307 e. The Morgan fingerprint density at radius 2 is 1.93 bits per heavy atom. The Bertz CT molecular complexity index is 299. The van der Waals surface area contributed by atoms with Crippen LogP contribution >= 0.6 is 0 Å². The lowest BCUT2D eigenvalue weighted by Gasteiger charge is -2.29. The lowest BCUT2D eigenvalue weighted by Crippen LogP contribution is -2.39. The Kier molecular flexibility index (Phi) is 3.12. The molecule has 1 heterocycles. The summed E-state index contributed by atoms with van der Waals surface area (Å²) in [7, 11) is 7.78. The van der Waals surface area contributed by atoms with E-state index in [0.717, 1.165) is 11.5 Å². The van der Waals surface area contributed by atoms with E-state index in [1.54, 1.807) is 0 Å². The molecule has 5 heteroatoms. The molecule has 0 spiro atoms. The zero-order valence-electron chi connectivity index (χ0n) is 9.98. The monoisotopic (exact) mass is 213 g/mol. The predicted molar refractivity (Wildman–Crippen MR) is 58.0 cm³/mol. The van der Waals surface area contributed by atoms with E-state index >= 15 is 0 Å². The zero-order valence-corrected chi connectivity index (χ0v) is 9.98. The maximum atomic E-state index is 10.7. The second-order valence-electron chi connectivity index (χ2n) is 4.10. The molecule has 1 aliphatic heterocycles. The molecule has 1 rings (SSSR count). The van der Waals surface area contributed by atoms with Gasteiger partial charge in [-0.2, -0.15) is 0 Å². The van der Waals surface area contributed by atoms with Crippen molar-refractivity contribution in [2.75, 3.05) is 28.2 Å². The summed E-state index contributed by atoms with van der Waals surface area (Å²) in [6.45, 7) is 2.01. The van der Waals surface area contributed by atoms with Crippen molar-refractivity contribution in [2.45, 2.75) is 19.5 Å². The van der Waals surface area contributed by atoms with Crippen LogP contribution in [-0.2, 0) is 4.79 Å². The second kappa shape index (κ2) is 4.00. The van der Waals surface area contributed by atoms with Gasteiger partial charge in [0.25, 0.3) is 0 Å². The van der Waals surface area contributed by atoms with Crippen LogP contribution in [0.5, 0.6) is 0 Å². The molecule has 0 amide bonds. The van der Waals surface area contributed by atoms with E-state index in [1.807, 2.05) is 49.8 Å². The molecule has 0 fully saturated rings. The van der Waals surface area contributed by atoms with E-state index in [4.69, 9.17) is 5.11 Å². The molecule has 1 N–H and O–H groups in total. The van der Waals surface area contributed by atoms with Crippen LogP contribution in [0, 0.1) is 0 Å². The average Bonchev–Trinajstić information content (AvgIpc) is 2.29. The molecule has 5 nitrogen and oxygen atoms in total. The summed E-state index contributed by atoms with van der Waals surface area (Å²) in [5, 5.41) is 8.84. The largest absolute Gasteiger partial charge is 0.481 e. The summed E-state index contributed by atoms with van der Waals surface area (Å²) in [5.74, 6) is 0.301. The van der Waals surface area contributed by atoms with Crippen molar-refractivity contribution in [1.29, 1.82) is 0 Å². The van der Waals surface area contributed by atoms with Gasteiger partial charge in [0.1, 0.15) is 12.0 Å². The summed E-state index contributed by atoms with van der Waals surface area (Å²) < 4.78 is 0. The molecule has 1 atom stereocenters. The van der Waals surface area contributed by atoms with Crippen LogP contribution in [0.25, 0.3) is 0 Å². The normalized spacial score (nSPS) is 21.3. The van der Waals surface area contributed by atoms with Crippen molar-refractivity contribution in [2.24, 2.45) is 0 Å². The Morgan fingerprint density at radius 1 is 1.40 bits per heavy atom. The van der Waals surface area contributed by atoms with Gasteiger partial charge in [-0.3, -0.25) is 4.79 Å². The minimum Gasteiger partial charge on any atom is -0.481 e. The van der Waals surface area contributed by atoms with E-state index in [9.17, 15) is 4.79 Å². The first-order chi connectivity index (χ1) is 6.86. The number of carbonyl (C=O) groups is 1. The molecule has 0 saturated heterocycles. The SMILES string of the molecule is CC1=C(N(C)C)N(C)C(CC(=O)O)N1C. The summed E-state index contributed by atoms with van der Waals surface area (Å²) in [5.41, 5.74) is 1.11. The molecule has 0 aliphatic carbocycles. The Hall–Kier alpha value is -1.39. The molecule has 1 aliphatic rings. The maximum Gasteiger partial charge on any atom is 0.307 e. The molecule has 86 valence electrons. The molecule has 1 unspecified atom stereocenters. The van der Waals surface area contributed by atoms with E-state index < -0.39 is 5.97 Å². The molecule has 0 radical (unpaired) electrons. The van der Waals surface area contributed by atoms with Crippen molar-refractivity contribution >= 4 is 5.97 Å². The number of carboxylic acid groups (broad SMARTS) is 1. The maximum absolute atomic E-state index is 10.7. The van der Waals surface area contributed by atoms with Gasteiger partial charge in [0.2, 0.25) is 0 Å². The zero-order chi connectivity index (χ0) is 11.7. The van der Waals surface area contributed by atoms with Crippen LogP contribution in [0.2, 0.25) is 0 Å². The first-order valence-electron chi connectivity index (χ1n) is 4.92. The fourth-order valence-corrected chi connectivity index (χ4v) is 2.11. The number of aliphatic carboxylic acids is 1. The second-order valence-corrected chi connectivity index (χ2v) is 4.10. The summed E-state index contributed by atoms with van der Waals surface area (Å²) in [6, 6.07) is 0. The van der Waals surface area contributed by atoms with E-state index in [-0.39, 0.29) is 12.6 Å². The van der Waals surface area contributed by atoms with Crippen molar-refractivity contribution in [3.05, 3.63) is 11.5 Å². The Morgan fingerprint density at radius 3 is 2.27 bits per heavy atom. The van der Waals surface area contributed by atoms with Gasteiger partial charge in [0.05, 0.1) is 12.1 Å². The third-order valence-electron chi connectivity index (χ3n) is 2.86. The molecule has 0 bridgehead atoms. The highest BCUT2D eigenvalue weighted by atomic mass is 16.4. The van der Waals surface area contributed by atoms with E-state index in [2.05, 4.69) is 0 Å². The van der Waals surface area contributed by atoms with Crippen LogP contribution in [0.1, 0.15) is 13.3 Å². The van der Waals surface area contributed by atoms with Gasteiger partial charge in [-0.25, -0.2) is 0 Å². The highest BCUT2D eigenvalue weighted by molar-refractivity contribution is 5.67. The molecule has 0 aromatic rings. The van der Waals surface area contributed by atoms with Crippen molar-refractivity contribution < 1.29 is 9.90 Å². The number of allylic oxidation sites excluding steroid dienone is 1. The van der Waals surface area contributed by atoms with Gasteiger partial charge in [-0.1, -0.05) is 0 Å². The van der Waals surface area contributed by atoms with E-state index in [1.165, 1.54) is 0 Å². The first kappa shape index (κ1) is 11.7. The van der Waals surface area contributed by atoms with Gasteiger partial charge < -0.3 is 19.8 Å². The predicted octanol–water partition coefficient (Wildman–Crippen LogP) is 0.415. The minimum atomic E-state index is -0.772. The number of hydrogen-bond acceptors (Lipinski definition) is 4. The summed E-state index contributed by atoms with van der Waals surface area (Å²) >= 11 is 0. The van der Waals surface area contributed by atoms with Gasteiger partial charge >= 0.3 is 5.97 Å². The van der Waals surface area contributed by atoms with Gasteiger partial charge in [0, 0.05) is 28.2 Å². The standard InChI is InChI=1S/C10H19N3O2/c1-7-10(11(2)3)13(5)8(12(7)4)6-9(14)15/h8H,6H2,1-5H3,(H,14,15). The Balaban J connectivity index is 2.90. The highest BCUT2D eigenvalue weighted by Crippen LogP contribution is 2.28. The van der Waals surface area contributed by atoms with Gasteiger partial charge in [-0.05, 0) is 6.92 Å². The van der Waals surface area contributed by atoms with Crippen molar-refractivity contribution in [1.82, 2.24) is 14.7 Å².